The van der Waals surface area contributed by atoms with E-state index in [1.165, 1.54) is 51.4 Å². The second-order valence-electron chi connectivity index (χ2n) is 6.57. The lowest BCUT2D eigenvalue weighted by Gasteiger charge is -2.31. The Morgan fingerprint density at radius 3 is 1.70 bits per heavy atom. The summed E-state index contributed by atoms with van der Waals surface area (Å²) < 4.78 is 0. The van der Waals surface area contributed by atoms with Crippen LogP contribution in [-0.4, -0.2) is 5.54 Å². The molecule has 0 fully saturated rings. The Bertz CT molecular complexity index is 300. The van der Waals surface area contributed by atoms with Crippen molar-refractivity contribution in [3.05, 3.63) is 50.2 Å². The molecule has 23 heavy (non-hydrogen) atoms. The van der Waals surface area contributed by atoms with Gasteiger partial charge in [0.1, 0.15) is 0 Å². The van der Waals surface area contributed by atoms with Gasteiger partial charge in [-0.1, -0.05) is 76.2 Å². The molecule has 0 aromatic heterocycles. The molecule has 0 bridgehead atoms. The summed E-state index contributed by atoms with van der Waals surface area (Å²) in [6.07, 6.45) is 25.3. The minimum absolute atomic E-state index is 0.00102. The third kappa shape index (κ3) is 11.9. The highest BCUT2D eigenvalue weighted by atomic mass is 14.9. The van der Waals surface area contributed by atoms with Gasteiger partial charge in [-0.2, -0.15) is 0 Å². The van der Waals surface area contributed by atoms with Gasteiger partial charge in [-0.25, -0.2) is 0 Å². The molecule has 132 valence electrons. The zero-order valence-corrected chi connectivity index (χ0v) is 15.5. The number of allylic oxidation sites excluding steroid dienone is 1. The van der Waals surface area contributed by atoms with E-state index in [2.05, 4.69) is 44.3 Å². The lowest BCUT2D eigenvalue weighted by molar-refractivity contribution is 0.375. The molecule has 0 rings (SSSR count). The second-order valence-corrected chi connectivity index (χ2v) is 6.57. The number of hydrogen-bond acceptors (Lipinski definition) is 1. The molecular weight excluding hydrogens is 278 g/mol. The van der Waals surface area contributed by atoms with Gasteiger partial charge in [0.2, 0.25) is 0 Å². The molecule has 0 atom stereocenters. The van der Waals surface area contributed by atoms with Gasteiger partial charge in [-0.3, -0.25) is 0 Å². The van der Waals surface area contributed by atoms with E-state index in [-0.39, 0.29) is 5.54 Å². The van der Waals surface area contributed by atoms with Crippen molar-refractivity contribution < 1.29 is 0 Å². The van der Waals surface area contributed by atoms with E-state index in [1.807, 2.05) is 18.2 Å². The molecule has 1 N–H and O–H groups in total. The fourth-order valence-corrected chi connectivity index (χ4v) is 2.97. The molecular formula is C22H39N. The Balaban J connectivity index is 3.88. The monoisotopic (exact) mass is 317 g/mol. The minimum atomic E-state index is 0.00102. The van der Waals surface area contributed by atoms with Crippen LogP contribution in [0.5, 0.6) is 0 Å². The molecule has 0 heterocycles. The Morgan fingerprint density at radius 2 is 1.22 bits per heavy atom. The van der Waals surface area contributed by atoms with Crippen molar-refractivity contribution in [3.8, 4) is 0 Å². The Labute approximate surface area is 145 Å². The van der Waals surface area contributed by atoms with E-state index in [0.29, 0.717) is 0 Å². The third-order valence-corrected chi connectivity index (χ3v) is 4.34. The topological polar surface area (TPSA) is 12.0 Å². The smallest absolute Gasteiger partial charge is 0.0470 e. The number of hydrogen-bond donors (Lipinski definition) is 1. The molecule has 1 heteroatoms. The van der Waals surface area contributed by atoms with Crippen LogP contribution in [0.1, 0.15) is 84.0 Å². The predicted molar refractivity (Wildman–Crippen MR) is 107 cm³/mol. The minimum Gasteiger partial charge on any atom is -0.385 e. The largest absolute Gasteiger partial charge is 0.385 e. The van der Waals surface area contributed by atoms with Crippen molar-refractivity contribution in [3.63, 3.8) is 0 Å². The summed E-state index contributed by atoms with van der Waals surface area (Å²) in [5.74, 6) is 0. The quantitative estimate of drug-likeness (QED) is 0.223. The summed E-state index contributed by atoms with van der Waals surface area (Å²) in [5, 5.41) is 3.57. The van der Waals surface area contributed by atoms with Crippen molar-refractivity contribution in [1.82, 2.24) is 5.32 Å². The molecule has 0 aromatic carbocycles. The van der Waals surface area contributed by atoms with E-state index in [0.717, 1.165) is 25.7 Å². The molecule has 0 aliphatic heterocycles. The van der Waals surface area contributed by atoms with Crippen LogP contribution >= 0.6 is 0 Å². The Kier molecular flexibility index (Phi) is 14.8. The highest BCUT2D eigenvalue weighted by Gasteiger charge is 2.23. The highest BCUT2D eigenvalue weighted by molar-refractivity contribution is 5.04. The predicted octanol–water partition coefficient (Wildman–Crippen LogP) is 7.09. The molecule has 0 aliphatic carbocycles. The fraction of sp³-hybridized carbons (Fsp3) is 0.636. The standard InChI is InChI=1S/C22H39N/c1-5-9-10-11-12-13-14-15-16-17-21-23-22(18-6-2,19-7-3)20-8-4/h6-8,17,21,23H,2-5,9-16,18-20H2,1H3. The molecule has 0 saturated heterocycles. The van der Waals surface area contributed by atoms with Crippen LogP contribution in [-0.2, 0) is 0 Å². The molecule has 1 nitrogen and oxygen atoms in total. The number of unbranched alkanes of at least 4 members (excludes halogenated alkanes) is 8. The van der Waals surface area contributed by atoms with E-state index in [1.54, 1.807) is 0 Å². The van der Waals surface area contributed by atoms with E-state index >= 15 is 0 Å². The molecule has 0 amide bonds. The molecule has 0 aromatic rings. The first kappa shape index (κ1) is 21.8. The van der Waals surface area contributed by atoms with Crippen LogP contribution in [0, 0.1) is 0 Å². The lowest BCUT2D eigenvalue weighted by atomic mass is 9.87. The summed E-state index contributed by atoms with van der Waals surface area (Å²) in [7, 11) is 0. The lowest BCUT2D eigenvalue weighted by Crippen LogP contribution is -2.40. The van der Waals surface area contributed by atoms with Gasteiger partial charge in [0.05, 0.1) is 0 Å². The van der Waals surface area contributed by atoms with Crippen molar-refractivity contribution in [1.29, 1.82) is 0 Å². The summed E-state index contributed by atoms with van der Waals surface area (Å²) >= 11 is 0. The van der Waals surface area contributed by atoms with Gasteiger partial charge in [-0.15, -0.1) is 19.7 Å². The Hall–Kier alpha value is -1.24. The van der Waals surface area contributed by atoms with E-state index in [4.69, 9.17) is 0 Å². The van der Waals surface area contributed by atoms with Crippen molar-refractivity contribution in [2.45, 2.75) is 89.5 Å². The Morgan fingerprint density at radius 1 is 0.739 bits per heavy atom. The van der Waals surface area contributed by atoms with Gasteiger partial charge in [-0.05, 0) is 38.3 Å². The fourth-order valence-electron chi connectivity index (χ4n) is 2.97. The van der Waals surface area contributed by atoms with Crippen molar-refractivity contribution in [2.75, 3.05) is 0 Å². The number of nitrogens with one attached hydrogen (secondary N) is 1. The van der Waals surface area contributed by atoms with E-state index < -0.39 is 0 Å². The summed E-state index contributed by atoms with van der Waals surface area (Å²) in [6, 6.07) is 0. The zero-order chi connectivity index (χ0) is 17.2. The zero-order valence-electron chi connectivity index (χ0n) is 15.5. The highest BCUT2D eigenvalue weighted by Crippen LogP contribution is 2.22. The average molecular weight is 318 g/mol. The average Bonchev–Trinajstić information content (AvgIpc) is 2.53. The first-order valence-electron chi connectivity index (χ1n) is 9.50. The van der Waals surface area contributed by atoms with Crippen LogP contribution in [0.4, 0.5) is 0 Å². The van der Waals surface area contributed by atoms with Crippen LogP contribution in [0.2, 0.25) is 0 Å². The third-order valence-electron chi connectivity index (χ3n) is 4.34. The maximum absolute atomic E-state index is 3.88. The summed E-state index contributed by atoms with van der Waals surface area (Å²) in [5.41, 5.74) is 0.00102. The summed E-state index contributed by atoms with van der Waals surface area (Å²) in [4.78, 5) is 0. The van der Waals surface area contributed by atoms with Gasteiger partial charge in [0.15, 0.2) is 0 Å². The van der Waals surface area contributed by atoms with Crippen LogP contribution < -0.4 is 5.32 Å². The van der Waals surface area contributed by atoms with Gasteiger partial charge < -0.3 is 5.32 Å². The van der Waals surface area contributed by atoms with E-state index in [9.17, 15) is 0 Å². The molecule has 0 aliphatic rings. The maximum atomic E-state index is 3.88. The van der Waals surface area contributed by atoms with Gasteiger partial charge >= 0.3 is 0 Å². The maximum Gasteiger partial charge on any atom is 0.0470 e. The van der Waals surface area contributed by atoms with Crippen LogP contribution in [0.3, 0.4) is 0 Å². The van der Waals surface area contributed by atoms with Gasteiger partial charge in [0, 0.05) is 5.54 Å². The SMILES string of the molecule is C=CCC(CC=C)(CC=C)NC=CCCCCCCCCCC. The molecule has 0 unspecified atom stereocenters. The van der Waals surface area contributed by atoms with Gasteiger partial charge in [0.25, 0.3) is 0 Å². The first-order chi connectivity index (χ1) is 11.2. The van der Waals surface area contributed by atoms with Crippen LogP contribution in [0.15, 0.2) is 50.2 Å². The van der Waals surface area contributed by atoms with Crippen molar-refractivity contribution in [2.24, 2.45) is 0 Å². The van der Waals surface area contributed by atoms with Crippen LogP contribution in [0.25, 0.3) is 0 Å². The molecule has 0 saturated carbocycles. The second kappa shape index (κ2) is 15.6. The first-order valence-corrected chi connectivity index (χ1v) is 9.50. The van der Waals surface area contributed by atoms with Crippen molar-refractivity contribution >= 4 is 0 Å². The molecule has 0 spiro atoms. The normalized spacial score (nSPS) is 11.5. The molecule has 0 radical (unpaired) electrons. The summed E-state index contributed by atoms with van der Waals surface area (Å²) in [6.45, 7) is 13.9. The number of rotatable bonds is 17.